The monoisotopic (exact) mass is 268 g/mol. The number of likely N-dealkylation sites (N-methyl/N-ethyl adjacent to an activating group) is 1. The summed E-state index contributed by atoms with van der Waals surface area (Å²) in [4.78, 5) is 9.66. The molecular formula is C13H24N4S. The van der Waals surface area contributed by atoms with E-state index in [-0.39, 0.29) is 0 Å². The number of nitrogens with zero attached hydrogens (tertiary/aromatic N) is 3. The zero-order valence-corrected chi connectivity index (χ0v) is 12.6. The topological polar surface area (TPSA) is 31.4 Å². The van der Waals surface area contributed by atoms with Gasteiger partial charge in [-0.05, 0) is 40.9 Å². The van der Waals surface area contributed by atoms with Crippen molar-refractivity contribution in [2.24, 2.45) is 0 Å². The first-order valence-electron chi connectivity index (χ1n) is 6.69. The molecule has 2 atom stereocenters. The average molecular weight is 268 g/mol. The molecule has 1 fully saturated rings. The van der Waals surface area contributed by atoms with Crippen LogP contribution in [0.2, 0.25) is 0 Å². The highest BCUT2D eigenvalue weighted by Crippen LogP contribution is 2.26. The maximum absolute atomic E-state index is 4.79. The van der Waals surface area contributed by atoms with E-state index in [1.54, 1.807) is 11.3 Å². The van der Waals surface area contributed by atoms with E-state index in [0.29, 0.717) is 12.1 Å². The molecule has 0 spiro atoms. The summed E-state index contributed by atoms with van der Waals surface area (Å²) in [6.45, 7) is 7.87. The molecule has 1 aromatic rings. The van der Waals surface area contributed by atoms with E-state index in [9.17, 15) is 0 Å². The summed E-state index contributed by atoms with van der Waals surface area (Å²) in [5.41, 5.74) is 1.15. The van der Waals surface area contributed by atoms with Crippen molar-refractivity contribution in [2.75, 3.05) is 38.6 Å². The van der Waals surface area contributed by atoms with Gasteiger partial charge in [0.2, 0.25) is 0 Å². The van der Waals surface area contributed by atoms with Crippen molar-refractivity contribution in [3.63, 3.8) is 0 Å². The fraction of sp³-hybridized carbons (Fsp3) is 0.769. The van der Waals surface area contributed by atoms with Gasteiger partial charge < -0.3 is 15.1 Å². The van der Waals surface area contributed by atoms with Crippen molar-refractivity contribution >= 4 is 16.5 Å². The normalized spacial score (nSPS) is 24.0. The Balaban J connectivity index is 2.12. The van der Waals surface area contributed by atoms with E-state index in [1.165, 1.54) is 18.1 Å². The van der Waals surface area contributed by atoms with Gasteiger partial charge in [0.25, 0.3) is 0 Å². The fourth-order valence-corrected chi connectivity index (χ4v) is 3.46. The molecule has 0 aliphatic carbocycles. The zero-order valence-electron chi connectivity index (χ0n) is 11.8. The maximum Gasteiger partial charge on any atom is 0.185 e. The Morgan fingerprint density at radius 2 is 2.28 bits per heavy atom. The van der Waals surface area contributed by atoms with Crippen molar-refractivity contribution < 1.29 is 0 Å². The van der Waals surface area contributed by atoms with Crippen LogP contribution >= 0.6 is 11.3 Å². The second-order valence-electron chi connectivity index (χ2n) is 5.22. The van der Waals surface area contributed by atoms with Gasteiger partial charge in [-0.1, -0.05) is 0 Å². The Hall–Kier alpha value is -0.650. The molecule has 2 heterocycles. The molecule has 0 amide bonds. The Bertz CT molecular complexity index is 379. The van der Waals surface area contributed by atoms with Crippen LogP contribution in [0.1, 0.15) is 32.0 Å². The minimum absolute atomic E-state index is 0.333. The Labute approximate surface area is 114 Å². The molecule has 1 aliphatic rings. The molecule has 1 aromatic heterocycles. The fourth-order valence-electron chi connectivity index (χ4n) is 2.41. The molecule has 5 heteroatoms. The highest BCUT2D eigenvalue weighted by atomic mass is 32.1. The van der Waals surface area contributed by atoms with Crippen LogP contribution in [0.5, 0.6) is 0 Å². The third kappa shape index (κ3) is 3.02. The summed E-state index contributed by atoms with van der Waals surface area (Å²) in [7, 11) is 4.18. The first-order chi connectivity index (χ1) is 8.61. The molecule has 0 bridgehead atoms. The van der Waals surface area contributed by atoms with Crippen LogP contribution in [0.4, 0.5) is 5.13 Å². The summed E-state index contributed by atoms with van der Waals surface area (Å²) in [6, 6.07) is 0.876. The van der Waals surface area contributed by atoms with E-state index in [4.69, 9.17) is 4.98 Å². The second kappa shape index (κ2) is 5.99. The number of rotatable bonds is 3. The van der Waals surface area contributed by atoms with Gasteiger partial charge in [0.15, 0.2) is 5.13 Å². The molecule has 1 N–H and O–H groups in total. The van der Waals surface area contributed by atoms with Gasteiger partial charge in [-0.2, -0.15) is 0 Å². The van der Waals surface area contributed by atoms with Crippen LogP contribution in [0, 0.1) is 0 Å². The van der Waals surface area contributed by atoms with Crippen molar-refractivity contribution in [3.05, 3.63) is 11.1 Å². The molecule has 0 radical (unpaired) electrons. The predicted octanol–water partition coefficient (Wildman–Crippen LogP) is 1.95. The number of anilines is 1. The largest absolute Gasteiger partial charge is 0.344 e. The molecule has 2 rings (SSSR count). The van der Waals surface area contributed by atoms with Gasteiger partial charge in [0, 0.05) is 30.6 Å². The molecule has 1 saturated heterocycles. The molecule has 0 aromatic carbocycles. The lowest BCUT2D eigenvalue weighted by atomic mass is 10.3. The van der Waals surface area contributed by atoms with Crippen LogP contribution in [0.3, 0.4) is 0 Å². The summed E-state index contributed by atoms with van der Waals surface area (Å²) >= 11 is 1.77. The van der Waals surface area contributed by atoms with E-state index in [0.717, 1.165) is 18.8 Å². The number of hydrogen-bond acceptors (Lipinski definition) is 5. The Kier molecular flexibility index (Phi) is 4.59. The van der Waals surface area contributed by atoms with Crippen LogP contribution in [-0.4, -0.2) is 49.7 Å². The van der Waals surface area contributed by atoms with Crippen molar-refractivity contribution in [2.45, 2.75) is 32.4 Å². The summed E-state index contributed by atoms with van der Waals surface area (Å²) in [6.07, 6.45) is 1.22. The SMILES string of the molecule is CNC(C)c1csc(N2CCCN(C)CC2C)n1. The van der Waals surface area contributed by atoms with Crippen LogP contribution < -0.4 is 10.2 Å². The van der Waals surface area contributed by atoms with E-state index >= 15 is 0 Å². The first-order valence-corrected chi connectivity index (χ1v) is 7.57. The lowest BCUT2D eigenvalue weighted by Crippen LogP contribution is -2.37. The first kappa shape index (κ1) is 13.8. The van der Waals surface area contributed by atoms with Crippen molar-refractivity contribution in [1.29, 1.82) is 0 Å². The van der Waals surface area contributed by atoms with Gasteiger partial charge in [-0.25, -0.2) is 4.98 Å². The third-order valence-electron chi connectivity index (χ3n) is 3.68. The number of hydrogen-bond donors (Lipinski definition) is 1. The smallest absolute Gasteiger partial charge is 0.185 e. The van der Waals surface area contributed by atoms with Crippen molar-refractivity contribution in [1.82, 2.24) is 15.2 Å². The number of aromatic nitrogens is 1. The van der Waals surface area contributed by atoms with E-state index in [2.05, 4.69) is 41.4 Å². The van der Waals surface area contributed by atoms with Crippen LogP contribution in [0.25, 0.3) is 0 Å². The van der Waals surface area contributed by atoms with Gasteiger partial charge in [-0.3, -0.25) is 0 Å². The van der Waals surface area contributed by atoms with Gasteiger partial charge in [0.1, 0.15) is 0 Å². The quantitative estimate of drug-likeness (QED) is 0.908. The standard InChI is InChI=1S/C13H24N4S/c1-10-8-16(4)6-5-7-17(10)13-15-12(9-18-13)11(2)14-3/h9-11,14H,5-8H2,1-4H3. The van der Waals surface area contributed by atoms with Gasteiger partial charge in [0.05, 0.1) is 5.69 Å². The lowest BCUT2D eigenvalue weighted by molar-refractivity contribution is 0.337. The maximum atomic E-state index is 4.79. The summed E-state index contributed by atoms with van der Waals surface area (Å²) < 4.78 is 0. The van der Waals surface area contributed by atoms with Gasteiger partial charge >= 0.3 is 0 Å². The van der Waals surface area contributed by atoms with Crippen molar-refractivity contribution in [3.8, 4) is 0 Å². The predicted molar refractivity (Wildman–Crippen MR) is 78.5 cm³/mol. The summed E-state index contributed by atoms with van der Waals surface area (Å²) in [5, 5.41) is 6.60. The molecule has 102 valence electrons. The average Bonchev–Trinajstić information content (AvgIpc) is 2.76. The molecule has 0 saturated carbocycles. The number of nitrogens with one attached hydrogen (secondary N) is 1. The summed E-state index contributed by atoms with van der Waals surface area (Å²) in [5.74, 6) is 0. The lowest BCUT2D eigenvalue weighted by Gasteiger charge is -2.27. The third-order valence-corrected chi connectivity index (χ3v) is 4.57. The minimum atomic E-state index is 0.333. The van der Waals surface area contributed by atoms with E-state index < -0.39 is 0 Å². The highest BCUT2D eigenvalue weighted by Gasteiger charge is 2.22. The Morgan fingerprint density at radius 3 is 3.00 bits per heavy atom. The van der Waals surface area contributed by atoms with Crippen LogP contribution in [-0.2, 0) is 0 Å². The molecular weight excluding hydrogens is 244 g/mol. The number of thiazole rings is 1. The molecule has 18 heavy (non-hydrogen) atoms. The molecule has 2 unspecified atom stereocenters. The van der Waals surface area contributed by atoms with Gasteiger partial charge in [-0.15, -0.1) is 11.3 Å². The van der Waals surface area contributed by atoms with E-state index in [1.807, 2.05) is 7.05 Å². The second-order valence-corrected chi connectivity index (χ2v) is 6.06. The minimum Gasteiger partial charge on any atom is -0.344 e. The molecule has 4 nitrogen and oxygen atoms in total. The zero-order chi connectivity index (χ0) is 13.1. The van der Waals surface area contributed by atoms with Crippen LogP contribution in [0.15, 0.2) is 5.38 Å². The molecule has 1 aliphatic heterocycles. The Morgan fingerprint density at radius 1 is 1.50 bits per heavy atom. The highest BCUT2D eigenvalue weighted by molar-refractivity contribution is 7.13.